The van der Waals surface area contributed by atoms with Gasteiger partial charge in [-0.2, -0.15) is 0 Å². The maximum atomic E-state index is 13.5. The van der Waals surface area contributed by atoms with Crippen LogP contribution in [0.3, 0.4) is 0 Å². The number of nitrogens with zero attached hydrogens (tertiary/aromatic N) is 2. The molecule has 0 aromatic heterocycles. The third-order valence-corrected chi connectivity index (χ3v) is 5.20. The first-order chi connectivity index (χ1) is 11.4. The maximum absolute atomic E-state index is 13.5. The Balaban J connectivity index is 2.16. The number of hydrogen-bond donors (Lipinski definition) is 1. The standard InChI is InChI=1S/C18H31F2N3O2/c1-17(2,3)16(25)23(12-6-8-18(19,20)9-7-12)13-10-14(21-11-13)15(24)22(4)5/h12-14,21H,6-11H2,1-5H3/t13-,14-/m0/s1. The third-order valence-electron chi connectivity index (χ3n) is 5.20. The second kappa shape index (κ2) is 7.17. The van der Waals surface area contributed by atoms with Crippen LogP contribution in [0, 0.1) is 5.41 Å². The molecule has 1 heterocycles. The first-order valence-electron chi connectivity index (χ1n) is 9.07. The van der Waals surface area contributed by atoms with Crippen molar-refractivity contribution in [2.24, 2.45) is 5.41 Å². The monoisotopic (exact) mass is 359 g/mol. The van der Waals surface area contributed by atoms with E-state index in [9.17, 15) is 18.4 Å². The fraction of sp³-hybridized carbons (Fsp3) is 0.889. The van der Waals surface area contributed by atoms with Crippen molar-refractivity contribution in [1.82, 2.24) is 15.1 Å². The van der Waals surface area contributed by atoms with Gasteiger partial charge < -0.3 is 15.1 Å². The molecule has 2 aliphatic rings. The lowest BCUT2D eigenvalue weighted by Crippen LogP contribution is -2.53. The Labute approximate surface area is 149 Å². The van der Waals surface area contributed by atoms with Crippen LogP contribution in [-0.4, -0.2) is 66.3 Å². The van der Waals surface area contributed by atoms with Gasteiger partial charge in [0, 0.05) is 51.0 Å². The quantitative estimate of drug-likeness (QED) is 0.841. The largest absolute Gasteiger partial charge is 0.347 e. The molecule has 0 aromatic rings. The van der Waals surface area contributed by atoms with Gasteiger partial charge in [-0.25, -0.2) is 8.78 Å². The lowest BCUT2D eigenvalue weighted by molar-refractivity contribution is -0.148. The molecule has 25 heavy (non-hydrogen) atoms. The zero-order valence-corrected chi connectivity index (χ0v) is 15.9. The number of hydrogen-bond acceptors (Lipinski definition) is 3. The molecular weight excluding hydrogens is 328 g/mol. The second-order valence-electron chi connectivity index (χ2n) is 8.63. The summed E-state index contributed by atoms with van der Waals surface area (Å²) in [5, 5.41) is 3.20. The summed E-state index contributed by atoms with van der Waals surface area (Å²) in [4.78, 5) is 28.6. The van der Waals surface area contributed by atoms with Crippen LogP contribution in [0.15, 0.2) is 0 Å². The number of amides is 2. The van der Waals surface area contributed by atoms with Crippen molar-refractivity contribution in [2.45, 2.75) is 76.9 Å². The normalized spacial score (nSPS) is 27.2. The Bertz CT molecular complexity index is 507. The molecule has 1 saturated carbocycles. The van der Waals surface area contributed by atoms with E-state index in [-0.39, 0.29) is 42.8 Å². The molecule has 2 amide bonds. The van der Waals surface area contributed by atoms with E-state index in [1.165, 1.54) is 4.90 Å². The van der Waals surface area contributed by atoms with Gasteiger partial charge in [-0.15, -0.1) is 0 Å². The van der Waals surface area contributed by atoms with Gasteiger partial charge in [0.1, 0.15) is 0 Å². The van der Waals surface area contributed by atoms with Gasteiger partial charge in [0.05, 0.1) is 6.04 Å². The van der Waals surface area contributed by atoms with Crippen LogP contribution in [0.5, 0.6) is 0 Å². The van der Waals surface area contributed by atoms with Crippen molar-refractivity contribution in [3.8, 4) is 0 Å². The molecule has 0 bridgehead atoms. The Morgan fingerprint density at radius 1 is 1.08 bits per heavy atom. The molecule has 0 spiro atoms. The van der Waals surface area contributed by atoms with Crippen molar-refractivity contribution in [2.75, 3.05) is 20.6 Å². The molecular formula is C18H31F2N3O2. The van der Waals surface area contributed by atoms with Gasteiger partial charge in [-0.3, -0.25) is 9.59 Å². The predicted molar refractivity (Wildman–Crippen MR) is 92.4 cm³/mol. The summed E-state index contributed by atoms with van der Waals surface area (Å²) in [6.45, 7) is 6.08. The fourth-order valence-electron chi connectivity index (χ4n) is 3.75. The third kappa shape index (κ3) is 4.68. The van der Waals surface area contributed by atoms with Crippen molar-refractivity contribution >= 4 is 11.8 Å². The fourth-order valence-corrected chi connectivity index (χ4v) is 3.75. The summed E-state index contributed by atoms with van der Waals surface area (Å²) in [6, 6.07) is -0.621. The van der Waals surface area contributed by atoms with Crippen LogP contribution in [-0.2, 0) is 9.59 Å². The molecule has 2 atom stereocenters. The smallest absolute Gasteiger partial charge is 0.248 e. The number of halogens is 2. The number of carbonyl (C=O) groups is 2. The molecule has 144 valence electrons. The van der Waals surface area contributed by atoms with Crippen LogP contribution >= 0.6 is 0 Å². The highest BCUT2D eigenvalue weighted by atomic mass is 19.3. The molecule has 0 radical (unpaired) electrons. The minimum absolute atomic E-state index is 0.0131. The maximum Gasteiger partial charge on any atom is 0.248 e. The molecule has 2 rings (SSSR count). The minimum Gasteiger partial charge on any atom is -0.347 e. The Morgan fingerprint density at radius 2 is 1.64 bits per heavy atom. The summed E-state index contributed by atoms with van der Waals surface area (Å²) >= 11 is 0. The molecule has 7 heteroatoms. The second-order valence-corrected chi connectivity index (χ2v) is 8.63. The van der Waals surface area contributed by atoms with E-state index in [1.807, 2.05) is 25.7 Å². The van der Waals surface area contributed by atoms with Crippen molar-refractivity contribution in [3.05, 3.63) is 0 Å². The van der Waals surface area contributed by atoms with Gasteiger partial charge in [0.25, 0.3) is 0 Å². The van der Waals surface area contributed by atoms with Crippen molar-refractivity contribution in [3.63, 3.8) is 0 Å². The lowest BCUT2D eigenvalue weighted by Gasteiger charge is -2.43. The number of carbonyl (C=O) groups excluding carboxylic acids is 2. The van der Waals surface area contributed by atoms with E-state index in [0.29, 0.717) is 25.8 Å². The Kier molecular flexibility index (Phi) is 5.76. The molecule has 5 nitrogen and oxygen atoms in total. The Morgan fingerprint density at radius 3 is 2.12 bits per heavy atom. The highest BCUT2D eigenvalue weighted by molar-refractivity contribution is 5.84. The summed E-state index contributed by atoms with van der Waals surface area (Å²) in [5.74, 6) is -2.65. The molecule has 1 aliphatic carbocycles. The van der Waals surface area contributed by atoms with Crippen LogP contribution in [0.25, 0.3) is 0 Å². The number of nitrogens with one attached hydrogen (secondary N) is 1. The zero-order valence-electron chi connectivity index (χ0n) is 15.9. The van der Waals surface area contributed by atoms with E-state index in [0.717, 1.165) is 0 Å². The van der Waals surface area contributed by atoms with Gasteiger partial charge in [0.15, 0.2) is 0 Å². The minimum atomic E-state index is -2.62. The van der Waals surface area contributed by atoms with Gasteiger partial charge in [-0.05, 0) is 19.3 Å². The lowest BCUT2D eigenvalue weighted by atomic mass is 9.86. The Hall–Kier alpha value is -1.24. The topological polar surface area (TPSA) is 52.7 Å². The van der Waals surface area contributed by atoms with Crippen LogP contribution < -0.4 is 5.32 Å². The van der Waals surface area contributed by atoms with Crippen molar-refractivity contribution < 1.29 is 18.4 Å². The van der Waals surface area contributed by atoms with E-state index < -0.39 is 11.3 Å². The van der Waals surface area contributed by atoms with Crippen molar-refractivity contribution in [1.29, 1.82) is 0 Å². The highest BCUT2D eigenvalue weighted by Crippen LogP contribution is 2.37. The molecule has 1 aliphatic heterocycles. The predicted octanol–water partition coefficient (Wildman–Crippen LogP) is 2.26. The summed E-state index contributed by atoms with van der Waals surface area (Å²) < 4.78 is 27.1. The van der Waals surface area contributed by atoms with E-state index in [2.05, 4.69) is 5.32 Å². The van der Waals surface area contributed by atoms with Gasteiger partial charge in [-0.1, -0.05) is 20.8 Å². The van der Waals surface area contributed by atoms with Crippen LogP contribution in [0.1, 0.15) is 52.9 Å². The number of likely N-dealkylation sites (N-methyl/N-ethyl adjacent to an activating group) is 1. The molecule has 1 saturated heterocycles. The SMILES string of the molecule is CN(C)C(=O)[C@@H]1C[C@H](N(C(=O)C(C)(C)C)C2CCC(F)(F)CC2)CN1. The van der Waals surface area contributed by atoms with Gasteiger partial charge >= 0.3 is 0 Å². The van der Waals surface area contributed by atoms with Crippen LogP contribution in [0.2, 0.25) is 0 Å². The molecule has 1 N–H and O–H groups in total. The summed E-state index contributed by atoms with van der Waals surface area (Å²) in [7, 11) is 3.41. The number of rotatable bonds is 3. The first-order valence-corrected chi connectivity index (χ1v) is 9.07. The van der Waals surface area contributed by atoms with Crippen LogP contribution in [0.4, 0.5) is 8.78 Å². The van der Waals surface area contributed by atoms with E-state index >= 15 is 0 Å². The van der Waals surface area contributed by atoms with E-state index in [1.54, 1.807) is 14.1 Å². The zero-order chi connectivity index (χ0) is 19.0. The average molecular weight is 359 g/mol. The number of alkyl halides is 2. The molecule has 0 aromatic carbocycles. The average Bonchev–Trinajstić information content (AvgIpc) is 2.96. The van der Waals surface area contributed by atoms with E-state index in [4.69, 9.17) is 0 Å². The van der Waals surface area contributed by atoms with Gasteiger partial charge in [0.2, 0.25) is 17.7 Å². The molecule has 0 unspecified atom stereocenters. The highest BCUT2D eigenvalue weighted by Gasteiger charge is 2.45. The molecule has 2 fully saturated rings. The summed E-state index contributed by atoms with van der Waals surface area (Å²) in [5.41, 5.74) is -0.580. The first kappa shape index (κ1) is 20.1. The summed E-state index contributed by atoms with van der Waals surface area (Å²) in [6.07, 6.45) is 0.818.